The molecule has 1 N–H and O–H groups in total. The Bertz CT molecular complexity index is 403. The van der Waals surface area contributed by atoms with Crippen molar-refractivity contribution in [2.45, 2.75) is 38.8 Å². The number of halogens is 1. The molecule has 0 amide bonds. The van der Waals surface area contributed by atoms with Crippen molar-refractivity contribution in [2.75, 3.05) is 20.1 Å². The van der Waals surface area contributed by atoms with Crippen molar-refractivity contribution in [1.29, 1.82) is 0 Å². The van der Waals surface area contributed by atoms with Crippen molar-refractivity contribution in [3.63, 3.8) is 0 Å². The van der Waals surface area contributed by atoms with Crippen molar-refractivity contribution < 1.29 is 0 Å². The highest BCUT2D eigenvalue weighted by Crippen LogP contribution is 2.26. The molecule has 0 bridgehead atoms. The lowest BCUT2D eigenvalue weighted by molar-refractivity contribution is 0.224. The van der Waals surface area contributed by atoms with Gasteiger partial charge in [-0.1, -0.05) is 36.7 Å². The molecule has 3 heteroatoms. The van der Waals surface area contributed by atoms with E-state index in [1.54, 1.807) is 0 Å². The molecular weight excluding hydrogens is 256 g/mol. The lowest BCUT2D eigenvalue weighted by Crippen LogP contribution is -2.33. The first-order valence-electron chi connectivity index (χ1n) is 7.26. The fourth-order valence-electron chi connectivity index (χ4n) is 2.42. The van der Waals surface area contributed by atoms with Crippen molar-refractivity contribution in [2.24, 2.45) is 5.92 Å². The van der Waals surface area contributed by atoms with Crippen LogP contribution in [0.15, 0.2) is 24.3 Å². The van der Waals surface area contributed by atoms with Gasteiger partial charge in [0.25, 0.3) is 0 Å². The zero-order valence-corrected chi connectivity index (χ0v) is 13.0. The number of hydrogen-bond donors (Lipinski definition) is 1. The summed E-state index contributed by atoms with van der Waals surface area (Å²) in [5.41, 5.74) is 1.22. The number of hydrogen-bond acceptors (Lipinski definition) is 2. The highest BCUT2D eigenvalue weighted by atomic mass is 35.5. The van der Waals surface area contributed by atoms with Crippen molar-refractivity contribution >= 4 is 11.6 Å². The molecule has 106 valence electrons. The fraction of sp³-hybridized carbons (Fsp3) is 0.625. The monoisotopic (exact) mass is 280 g/mol. The number of nitrogens with one attached hydrogen (secondary N) is 1. The molecule has 0 radical (unpaired) electrons. The van der Waals surface area contributed by atoms with Gasteiger partial charge in [-0.15, -0.1) is 0 Å². The fourth-order valence-corrected chi connectivity index (χ4v) is 2.71. The second kappa shape index (κ2) is 6.74. The van der Waals surface area contributed by atoms with E-state index in [1.807, 2.05) is 12.1 Å². The minimum Gasteiger partial charge on any atom is -0.314 e. The van der Waals surface area contributed by atoms with Gasteiger partial charge in [0.05, 0.1) is 0 Å². The minimum atomic E-state index is 0.358. The van der Waals surface area contributed by atoms with Gasteiger partial charge < -0.3 is 5.32 Å². The average molecular weight is 281 g/mol. The predicted octanol–water partition coefficient (Wildman–Crippen LogP) is 3.72. The Hall–Kier alpha value is -0.570. The molecule has 1 aromatic rings. The third-order valence-corrected chi connectivity index (χ3v) is 4.29. The van der Waals surface area contributed by atoms with Crippen LogP contribution in [-0.4, -0.2) is 31.1 Å². The van der Waals surface area contributed by atoms with Crippen LogP contribution in [-0.2, 0) is 0 Å². The van der Waals surface area contributed by atoms with Crippen LogP contribution in [0.3, 0.4) is 0 Å². The van der Waals surface area contributed by atoms with Gasteiger partial charge in [0.2, 0.25) is 0 Å². The van der Waals surface area contributed by atoms with E-state index in [2.05, 4.69) is 43.2 Å². The minimum absolute atomic E-state index is 0.358. The summed E-state index contributed by atoms with van der Waals surface area (Å²) in [6, 6.07) is 9.30. The highest BCUT2D eigenvalue weighted by Gasteiger charge is 2.22. The van der Waals surface area contributed by atoms with Crippen LogP contribution in [0.25, 0.3) is 0 Å². The number of benzene rings is 1. The largest absolute Gasteiger partial charge is 0.314 e. The maximum absolute atomic E-state index is 6.27. The Labute approximate surface area is 122 Å². The van der Waals surface area contributed by atoms with Crippen LogP contribution in [0.5, 0.6) is 0 Å². The van der Waals surface area contributed by atoms with Crippen LogP contribution in [0.2, 0.25) is 5.02 Å². The van der Waals surface area contributed by atoms with Crippen LogP contribution in [0, 0.1) is 5.92 Å². The maximum Gasteiger partial charge on any atom is 0.0453 e. The Morgan fingerprint density at radius 2 is 2.00 bits per heavy atom. The first kappa shape index (κ1) is 14.8. The van der Waals surface area contributed by atoms with Gasteiger partial charge in [-0.05, 0) is 50.9 Å². The van der Waals surface area contributed by atoms with E-state index in [0.29, 0.717) is 12.0 Å². The molecule has 2 unspecified atom stereocenters. The van der Waals surface area contributed by atoms with Gasteiger partial charge in [0.1, 0.15) is 0 Å². The van der Waals surface area contributed by atoms with Crippen molar-refractivity contribution in [1.82, 2.24) is 10.2 Å². The van der Waals surface area contributed by atoms with Gasteiger partial charge in [-0.3, -0.25) is 4.90 Å². The topological polar surface area (TPSA) is 15.3 Å². The van der Waals surface area contributed by atoms with Crippen LogP contribution in [0.1, 0.15) is 38.3 Å². The average Bonchev–Trinajstić information content (AvgIpc) is 3.20. The summed E-state index contributed by atoms with van der Waals surface area (Å²) in [5, 5.41) is 4.47. The Morgan fingerprint density at radius 3 is 2.63 bits per heavy atom. The lowest BCUT2D eigenvalue weighted by atomic mass is 10.1. The normalized spacial score (nSPS) is 18.6. The SMILES string of the molecule is CC(CNC1CC1)CN(C)C(C)c1ccccc1Cl. The van der Waals surface area contributed by atoms with E-state index in [1.165, 1.54) is 18.4 Å². The summed E-state index contributed by atoms with van der Waals surface area (Å²) in [5.74, 6) is 0.663. The van der Waals surface area contributed by atoms with Crippen LogP contribution in [0.4, 0.5) is 0 Å². The van der Waals surface area contributed by atoms with E-state index in [-0.39, 0.29) is 0 Å². The Morgan fingerprint density at radius 1 is 1.32 bits per heavy atom. The molecule has 0 saturated heterocycles. The third-order valence-electron chi connectivity index (χ3n) is 3.95. The van der Waals surface area contributed by atoms with Gasteiger partial charge in [0.15, 0.2) is 0 Å². The second-order valence-corrected chi connectivity index (χ2v) is 6.33. The smallest absolute Gasteiger partial charge is 0.0453 e. The molecule has 0 aromatic heterocycles. The summed E-state index contributed by atoms with van der Waals surface area (Å²) < 4.78 is 0. The molecule has 1 aliphatic rings. The van der Waals surface area contributed by atoms with E-state index >= 15 is 0 Å². The quantitative estimate of drug-likeness (QED) is 0.819. The third kappa shape index (κ3) is 4.48. The lowest BCUT2D eigenvalue weighted by Gasteiger charge is -2.28. The Kier molecular flexibility index (Phi) is 5.26. The van der Waals surface area contributed by atoms with Gasteiger partial charge in [-0.25, -0.2) is 0 Å². The number of rotatable bonds is 7. The Balaban J connectivity index is 1.84. The summed E-state index contributed by atoms with van der Waals surface area (Å²) >= 11 is 6.27. The highest BCUT2D eigenvalue weighted by molar-refractivity contribution is 6.31. The van der Waals surface area contributed by atoms with Crippen molar-refractivity contribution in [3.05, 3.63) is 34.9 Å². The maximum atomic E-state index is 6.27. The molecule has 0 spiro atoms. The molecule has 2 atom stereocenters. The first-order chi connectivity index (χ1) is 9.08. The molecular formula is C16H25ClN2. The van der Waals surface area contributed by atoms with Crippen molar-refractivity contribution in [3.8, 4) is 0 Å². The van der Waals surface area contributed by atoms with E-state index in [0.717, 1.165) is 24.2 Å². The first-order valence-corrected chi connectivity index (χ1v) is 7.63. The molecule has 1 aliphatic carbocycles. The van der Waals surface area contributed by atoms with Gasteiger partial charge in [0, 0.05) is 23.7 Å². The molecule has 2 nitrogen and oxygen atoms in total. The predicted molar refractivity (Wildman–Crippen MR) is 82.7 cm³/mol. The standard InChI is InChI=1S/C16H25ClN2/c1-12(10-18-14-8-9-14)11-19(3)13(2)15-6-4-5-7-16(15)17/h4-7,12-14,18H,8-11H2,1-3H3. The molecule has 1 saturated carbocycles. The molecule has 19 heavy (non-hydrogen) atoms. The summed E-state index contributed by atoms with van der Waals surface area (Å²) in [6.07, 6.45) is 2.72. The zero-order valence-electron chi connectivity index (χ0n) is 12.2. The molecule has 1 aromatic carbocycles. The molecule has 0 heterocycles. The molecule has 1 fully saturated rings. The van der Waals surface area contributed by atoms with E-state index in [9.17, 15) is 0 Å². The van der Waals surface area contributed by atoms with Gasteiger partial charge >= 0.3 is 0 Å². The van der Waals surface area contributed by atoms with Crippen LogP contribution < -0.4 is 5.32 Å². The summed E-state index contributed by atoms with van der Waals surface area (Å²) in [4.78, 5) is 2.39. The summed E-state index contributed by atoms with van der Waals surface area (Å²) in [6.45, 7) is 6.74. The molecule has 0 aliphatic heterocycles. The number of nitrogens with zero attached hydrogens (tertiary/aromatic N) is 1. The summed E-state index contributed by atoms with van der Waals surface area (Å²) in [7, 11) is 2.18. The van der Waals surface area contributed by atoms with E-state index < -0.39 is 0 Å². The van der Waals surface area contributed by atoms with Gasteiger partial charge in [-0.2, -0.15) is 0 Å². The van der Waals surface area contributed by atoms with E-state index in [4.69, 9.17) is 11.6 Å². The van der Waals surface area contributed by atoms with Crippen LogP contribution >= 0.6 is 11.6 Å². The zero-order chi connectivity index (χ0) is 13.8. The second-order valence-electron chi connectivity index (χ2n) is 5.92. The molecule has 2 rings (SSSR count).